The van der Waals surface area contributed by atoms with Crippen LogP contribution in [0.1, 0.15) is 15.2 Å². The quantitative estimate of drug-likeness (QED) is 0.511. The van der Waals surface area contributed by atoms with Crippen LogP contribution < -0.4 is 56.1 Å². The first-order valence-corrected chi connectivity index (χ1v) is 5.48. The third-order valence-electron chi connectivity index (χ3n) is 1.54. The molecule has 2 rings (SSSR count). The summed E-state index contributed by atoms with van der Waals surface area (Å²) in [6.07, 6.45) is 0. The van der Waals surface area contributed by atoms with E-state index >= 15 is 0 Å². The molecule has 2 heterocycles. The summed E-state index contributed by atoms with van der Waals surface area (Å²) < 4.78 is 24.4. The minimum absolute atomic E-state index is 0. The van der Waals surface area contributed by atoms with E-state index in [-0.39, 0.29) is 61.2 Å². The van der Waals surface area contributed by atoms with Crippen LogP contribution in [-0.2, 0) is 10.0 Å². The van der Waals surface area contributed by atoms with Gasteiger partial charge in [0.2, 0.25) is 0 Å². The van der Waals surface area contributed by atoms with E-state index in [2.05, 4.69) is 0 Å². The SMILES string of the molecule is Cc1cc2c(s1)S(=O)(=O)NC2=O.[K+]. The molecule has 0 saturated heterocycles. The van der Waals surface area contributed by atoms with E-state index in [0.29, 0.717) is 0 Å². The zero-order valence-corrected chi connectivity index (χ0v) is 11.9. The maximum absolute atomic E-state index is 11.2. The summed E-state index contributed by atoms with van der Waals surface area (Å²) in [5, 5.41) is 0. The summed E-state index contributed by atoms with van der Waals surface area (Å²) in [6, 6.07) is 1.58. The van der Waals surface area contributed by atoms with E-state index in [9.17, 15) is 13.2 Å². The van der Waals surface area contributed by atoms with Crippen molar-refractivity contribution < 1.29 is 64.6 Å². The van der Waals surface area contributed by atoms with E-state index in [0.717, 1.165) is 16.2 Å². The fourth-order valence-electron chi connectivity index (χ4n) is 1.07. The Kier molecular flexibility index (Phi) is 3.39. The van der Waals surface area contributed by atoms with Crippen LogP contribution in [0.5, 0.6) is 0 Å². The number of nitrogens with one attached hydrogen (secondary N) is 1. The van der Waals surface area contributed by atoms with E-state index in [1.54, 1.807) is 13.0 Å². The van der Waals surface area contributed by atoms with Crippen molar-refractivity contribution in [3.05, 3.63) is 16.5 Å². The Morgan fingerprint density at radius 3 is 2.62 bits per heavy atom. The smallest absolute Gasteiger partial charge is 0.268 e. The second-order valence-corrected chi connectivity index (χ2v) is 5.63. The van der Waals surface area contributed by atoms with Gasteiger partial charge in [-0.1, -0.05) is 0 Å². The van der Waals surface area contributed by atoms with E-state index in [1.807, 2.05) is 4.72 Å². The number of hydrogen-bond donors (Lipinski definition) is 1. The molecule has 0 unspecified atom stereocenters. The van der Waals surface area contributed by atoms with Gasteiger partial charge < -0.3 is 0 Å². The molecular weight excluding hydrogens is 237 g/mol. The maximum atomic E-state index is 11.2. The minimum atomic E-state index is -3.51. The molecule has 0 fully saturated rings. The van der Waals surface area contributed by atoms with Crippen molar-refractivity contribution in [3.63, 3.8) is 0 Å². The van der Waals surface area contributed by atoms with Crippen LogP contribution in [0.4, 0.5) is 0 Å². The van der Waals surface area contributed by atoms with E-state index < -0.39 is 15.9 Å². The van der Waals surface area contributed by atoms with Gasteiger partial charge in [0.05, 0.1) is 5.56 Å². The molecule has 1 aliphatic rings. The Morgan fingerprint density at radius 1 is 1.46 bits per heavy atom. The Bertz CT molecular complexity index is 462. The first-order valence-electron chi connectivity index (χ1n) is 3.18. The molecule has 0 spiro atoms. The first kappa shape index (κ1) is 11.8. The standard InChI is InChI=1S/C6H5NO3S2.K/c1-3-2-4-5(8)7-12(9,10)6(4)11-3;/h2H,1H3,(H,7,8);/q;+1. The van der Waals surface area contributed by atoms with Crippen molar-refractivity contribution in [3.8, 4) is 0 Å². The molecule has 0 aliphatic carbocycles. The largest absolute Gasteiger partial charge is 1.00 e. The van der Waals surface area contributed by atoms with Gasteiger partial charge in [0, 0.05) is 4.88 Å². The van der Waals surface area contributed by atoms with Gasteiger partial charge in [-0.25, -0.2) is 13.1 Å². The zero-order valence-electron chi connectivity index (χ0n) is 7.12. The van der Waals surface area contributed by atoms with Crippen molar-refractivity contribution in [1.82, 2.24) is 4.72 Å². The molecular formula is C6H5KNO3S2+. The topological polar surface area (TPSA) is 63.2 Å². The number of amides is 1. The van der Waals surface area contributed by atoms with Crippen LogP contribution in [0.25, 0.3) is 0 Å². The van der Waals surface area contributed by atoms with Gasteiger partial charge in [0.1, 0.15) is 0 Å². The van der Waals surface area contributed by atoms with Crippen molar-refractivity contribution >= 4 is 27.3 Å². The summed E-state index contributed by atoms with van der Waals surface area (Å²) in [5.74, 6) is -0.519. The molecule has 1 aromatic rings. The number of sulfonamides is 1. The van der Waals surface area contributed by atoms with Crippen molar-refractivity contribution in [2.45, 2.75) is 11.1 Å². The second kappa shape index (κ2) is 3.72. The Balaban J connectivity index is 0.000000845. The monoisotopic (exact) mass is 242 g/mol. The summed E-state index contributed by atoms with van der Waals surface area (Å²) >= 11 is 1.12. The summed E-state index contributed by atoms with van der Waals surface area (Å²) in [5.41, 5.74) is 0.275. The first-order chi connectivity index (χ1) is 5.50. The molecule has 1 aromatic heterocycles. The fraction of sp³-hybridized carbons (Fsp3) is 0.167. The number of carbonyl (C=O) groups is 1. The Morgan fingerprint density at radius 2 is 2.08 bits per heavy atom. The summed E-state index contributed by atoms with van der Waals surface area (Å²) in [4.78, 5) is 11.8. The van der Waals surface area contributed by atoms with Gasteiger partial charge in [-0.15, -0.1) is 11.3 Å². The van der Waals surface area contributed by atoms with Gasteiger partial charge in [-0.3, -0.25) is 4.79 Å². The van der Waals surface area contributed by atoms with Crippen molar-refractivity contribution in [2.75, 3.05) is 0 Å². The van der Waals surface area contributed by atoms with E-state index in [4.69, 9.17) is 0 Å². The molecule has 0 atom stereocenters. The van der Waals surface area contributed by atoms with Crippen LogP contribution in [0, 0.1) is 6.92 Å². The van der Waals surface area contributed by atoms with Crippen LogP contribution in [-0.4, -0.2) is 14.3 Å². The number of carbonyl (C=O) groups excluding carboxylic acids is 1. The average Bonchev–Trinajstić information content (AvgIpc) is 2.37. The number of thiophene rings is 1. The van der Waals surface area contributed by atoms with Crippen LogP contribution in [0.3, 0.4) is 0 Å². The van der Waals surface area contributed by atoms with Crippen molar-refractivity contribution in [2.24, 2.45) is 0 Å². The minimum Gasteiger partial charge on any atom is -0.268 e. The normalized spacial score (nSPS) is 17.5. The molecule has 64 valence electrons. The zero-order chi connectivity index (χ0) is 8.93. The molecule has 1 amide bonds. The molecule has 13 heavy (non-hydrogen) atoms. The average molecular weight is 242 g/mol. The van der Waals surface area contributed by atoms with Gasteiger partial charge >= 0.3 is 51.4 Å². The van der Waals surface area contributed by atoms with Crippen molar-refractivity contribution in [1.29, 1.82) is 0 Å². The molecule has 4 nitrogen and oxygen atoms in total. The predicted molar refractivity (Wildman–Crippen MR) is 43.7 cm³/mol. The molecule has 0 bridgehead atoms. The fourth-order valence-corrected chi connectivity index (χ4v) is 3.65. The molecule has 7 heteroatoms. The Labute approximate surface area is 122 Å². The van der Waals surface area contributed by atoms with Gasteiger partial charge in [0.15, 0.2) is 4.21 Å². The number of aryl methyl sites for hydroxylation is 1. The third-order valence-corrected chi connectivity index (χ3v) is 4.45. The summed E-state index contributed by atoms with van der Waals surface area (Å²) in [7, 11) is -3.51. The third kappa shape index (κ3) is 1.92. The molecule has 0 saturated carbocycles. The van der Waals surface area contributed by atoms with Gasteiger partial charge in [-0.2, -0.15) is 0 Å². The van der Waals surface area contributed by atoms with Crippen LogP contribution in [0.15, 0.2) is 10.3 Å². The number of hydrogen-bond acceptors (Lipinski definition) is 4. The number of rotatable bonds is 0. The second-order valence-electron chi connectivity index (χ2n) is 2.49. The molecule has 1 N–H and O–H groups in total. The van der Waals surface area contributed by atoms with Gasteiger partial charge in [0.25, 0.3) is 15.9 Å². The predicted octanol–water partition coefficient (Wildman–Crippen LogP) is -2.51. The molecule has 0 aromatic carbocycles. The Hall–Kier alpha value is 0.756. The summed E-state index contributed by atoms with van der Waals surface area (Å²) in [6.45, 7) is 1.77. The van der Waals surface area contributed by atoms with Crippen LogP contribution >= 0.6 is 11.3 Å². The van der Waals surface area contributed by atoms with E-state index in [1.165, 1.54) is 0 Å². The number of fused-ring (bicyclic) bond motifs is 1. The van der Waals surface area contributed by atoms with Gasteiger partial charge in [-0.05, 0) is 13.0 Å². The molecule has 0 radical (unpaired) electrons. The van der Waals surface area contributed by atoms with Crippen LogP contribution in [0.2, 0.25) is 0 Å². The maximum Gasteiger partial charge on any atom is 1.00 e. The molecule has 1 aliphatic heterocycles.